The Morgan fingerprint density at radius 2 is 2.05 bits per heavy atom. The molecule has 0 radical (unpaired) electrons. The zero-order valence-electron chi connectivity index (χ0n) is 10.7. The van der Waals surface area contributed by atoms with E-state index in [1.807, 2.05) is 0 Å². The van der Waals surface area contributed by atoms with Crippen molar-refractivity contribution in [1.29, 1.82) is 0 Å². The molecule has 2 aromatic rings. The first-order valence-corrected chi connectivity index (χ1v) is 6.85. The standard InChI is InChI=1S/C13H12BrN3O3/c1-7-8(6-15-17-7)13(18)16-10-5-12-11(4-9(10)14)19-2-3-20-12/h4-6H,2-3H2,1H3,(H,15,17)(H,16,18). The second-order valence-corrected chi connectivity index (χ2v) is 5.19. The predicted octanol–water partition coefficient (Wildman–Crippen LogP) is 2.50. The van der Waals surface area contributed by atoms with Gasteiger partial charge in [-0.3, -0.25) is 9.89 Å². The number of aromatic nitrogens is 2. The molecule has 0 atom stereocenters. The molecule has 3 rings (SSSR count). The summed E-state index contributed by atoms with van der Waals surface area (Å²) >= 11 is 3.41. The highest BCUT2D eigenvalue weighted by Gasteiger charge is 2.17. The van der Waals surface area contributed by atoms with Crippen molar-refractivity contribution in [3.8, 4) is 11.5 Å². The molecule has 0 saturated carbocycles. The summed E-state index contributed by atoms with van der Waals surface area (Å²) in [7, 11) is 0. The fourth-order valence-electron chi connectivity index (χ4n) is 1.93. The van der Waals surface area contributed by atoms with E-state index in [-0.39, 0.29) is 5.91 Å². The fourth-order valence-corrected chi connectivity index (χ4v) is 2.35. The van der Waals surface area contributed by atoms with Crippen LogP contribution in [0.4, 0.5) is 5.69 Å². The largest absolute Gasteiger partial charge is 0.486 e. The quantitative estimate of drug-likeness (QED) is 0.882. The number of H-pyrrole nitrogens is 1. The average molecular weight is 338 g/mol. The van der Waals surface area contributed by atoms with E-state index in [1.54, 1.807) is 19.1 Å². The first-order valence-electron chi connectivity index (χ1n) is 6.05. The number of amides is 1. The topological polar surface area (TPSA) is 76.2 Å². The molecule has 2 heterocycles. The third kappa shape index (κ3) is 2.36. The summed E-state index contributed by atoms with van der Waals surface area (Å²) in [5.41, 5.74) is 1.85. The van der Waals surface area contributed by atoms with Crippen LogP contribution in [0.5, 0.6) is 11.5 Å². The number of hydrogen-bond acceptors (Lipinski definition) is 4. The Kier molecular flexibility index (Phi) is 3.35. The smallest absolute Gasteiger partial charge is 0.259 e. The Bertz CT molecular complexity index is 669. The van der Waals surface area contributed by atoms with E-state index in [0.717, 1.165) is 10.2 Å². The lowest BCUT2D eigenvalue weighted by Crippen LogP contribution is -2.17. The molecule has 104 valence electrons. The minimum atomic E-state index is -0.228. The second kappa shape index (κ2) is 5.16. The molecule has 0 aliphatic carbocycles. The molecule has 7 heteroatoms. The van der Waals surface area contributed by atoms with Gasteiger partial charge in [-0.05, 0) is 22.9 Å². The van der Waals surface area contributed by atoms with Crippen LogP contribution in [-0.4, -0.2) is 29.3 Å². The van der Waals surface area contributed by atoms with E-state index >= 15 is 0 Å². The van der Waals surface area contributed by atoms with E-state index < -0.39 is 0 Å². The molecule has 1 aliphatic rings. The van der Waals surface area contributed by atoms with Gasteiger partial charge >= 0.3 is 0 Å². The minimum absolute atomic E-state index is 0.228. The summed E-state index contributed by atoms with van der Waals surface area (Å²) in [5.74, 6) is 1.06. The molecule has 0 bridgehead atoms. The SMILES string of the molecule is Cc1[nH]ncc1C(=O)Nc1cc2c(cc1Br)OCCO2. The lowest BCUT2D eigenvalue weighted by molar-refractivity contribution is 0.102. The van der Waals surface area contributed by atoms with Gasteiger partial charge in [0.15, 0.2) is 11.5 Å². The van der Waals surface area contributed by atoms with Gasteiger partial charge in [0, 0.05) is 22.3 Å². The third-order valence-electron chi connectivity index (χ3n) is 2.95. The van der Waals surface area contributed by atoms with Gasteiger partial charge < -0.3 is 14.8 Å². The van der Waals surface area contributed by atoms with Gasteiger partial charge in [0.25, 0.3) is 5.91 Å². The van der Waals surface area contributed by atoms with E-state index in [1.165, 1.54) is 6.20 Å². The molecule has 0 saturated heterocycles. The monoisotopic (exact) mass is 337 g/mol. The Hall–Kier alpha value is -2.02. The number of carbonyl (C=O) groups excluding carboxylic acids is 1. The van der Waals surface area contributed by atoms with Gasteiger partial charge in [-0.15, -0.1) is 0 Å². The van der Waals surface area contributed by atoms with Crippen LogP contribution >= 0.6 is 15.9 Å². The van der Waals surface area contributed by atoms with Crippen molar-refractivity contribution >= 4 is 27.5 Å². The van der Waals surface area contributed by atoms with Crippen LogP contribution in [0.1, 0.15) is 16.1 Å². The maximum atomic E-state index is 12.2. The van der Waals surface area contributed by atoms with Crippen molar-refractivity contribution < 1.29 is 14.3 Å². The summed E-state index contributed by atoms with van der Waals surface area (Å²) in [6, 6.07) is 3.53. The van der Waals surface area contributed by atoms with Crippen molar-refractivity contribution in [3.63, 3.8) is 0 Å². The number of ether oxygens (including phenoxy) is 2. The summed E-state index contributed by atoms with van der Waals surface area (Å²) in [6.45, 7) is 2.82. The third-order valence-corrected chi connectivity index (χ3v) is 3.61. The number of aryl methyl sites for hydroxylation is 1. The van der Waals surface area contributed by atoms with Gasteiger partial charge in [-0.2, -0.15) is 5.10 Å². The number of hydrogen-bond donors (Lipinski definition) is 2. The Labute approximate surface area is 123 Å². The van der Waals surface area contributed by atoms with E-state index in [9.17, 15) is 4.79 Å². The Morgan fingerprint density at radius 1 is 1.35 bits per heavy atom. The summed E-state index contributed by atoms with van der Waals surface area (Å²) in [5, 5.41) is 9.39. The van der Waals surface area contributed by atoms with Crippen LogP contribution in [0.15, 0.2) is 22.8 Å². The molecule has 1 aromatic heterocycles. The number of fused-ring (bicyclic) bond motifs is 1. The van der Waals surface area contributed by atoms with Crippen LogP contribution in [0.3, 0.4) is 0 Å². The molecule has 6 nitrogen and oxygen atoms in total. The van der Waals surface area contributed by atoms with Gasteiger partial charge in [0.2, 0.25) is 0 Å². The minimum Gasteiger partial charge on any atom is -0.486 e. The number of halogens is 1. The van der Waals surface area contributed by atoms with Gasteiger partial charge in [0.1, 0.15) is 13.2 Å². The highest BCUT2D eigenvalue weighted by Crippen LogP contribution is 2.38. The molecular formula is C13H12BrN3O3. The molecule has 1 aromatic carbocycles. The molecule has 0 spiro atoms. The van der Waals surface area contributed by atoms with Crippen LogP contribution in [0.2, 0.25) is 0 Å². The maximum Gasteiger partial charge on any atom is 0.259 e. The average Bonchev–Trinajstić information content (AvgIpc) is 2.86. The Balaban J connectivity index is 1.87. The molecule has 20 heavy (non-hydrogen) atoms. The molecule has 1 aliphatic heterocycles. The van der Waals surface area contributed by atoms with E-state index in [2.05, 4.69) is 31.4 Å². The highest BCUT2D eigenvalue weighted by atomic mass is 79.9. The predicted molar refractivity (Wildman–Crippen MR) is 76.4 cm³/mol. The zero-order valence-corrected chi connectivity index (χ0v) is 12.3. The van der Waals surface area contributed by atoms with Crippen LogP contribution in [-0.2, 0) is 0 Å². The first-order chi connectivity index (χ1) is 9.65. The number of anilines is 1. The number of carbonyl (C=O) groups is 1. The summed E-state index contributed by atoms with van der Waals surface area (Å²) < 4.78 is 11.7. The van der Waals surface area contributed by atoms with Crippen LogP contribution in [0, 0.1) is 6.92 Å². The van der Waals surface area contributed by atoms with Crippen molar-refractivity contribution in [2.45, 2.75) is 6.92 Å². The molecule has 2 N–H and O–H groups in total. The van der Waals surface area contributed by atoms with Crippen molar-refractivity contribution in [3.05, 3.63) is 34.1 Å². The number of rotatable bonds is 2. The number of nitrogens with one attached hydrogen (secondary N) is 2. The summed E-state index contributed by atoms with van der Waals surface area (Å²) in [6.07, 6.45) is 1.50. The van der Waals surface area contributed by atoms with Crippen molar-refractivity contribution in [2.24, 2.45) is 0 Å². The normalized spacial score (nSPS) is 13.1. The number of nitrogens with zero attached hydrogens (tertiary/aromatic N) is 1. The van der Waals surface area contributed by atoms with Gasteiger partial charge in [-0.25, -0.2) is 0 Å². The highest BCUT2D eigenvalue weighted by molar-refractivity contribution is 9.10. The van der Waals surface area contributed by atoms with Crippen molar-refractivity contribution in [1.82, 2.24) is 10.2 Å². The van der Waals surface area contributed by atoms with Crippen LogP contribution < -0.4 is 14.8 Å². The lowest BCUT2D eigenvalue weighted by Gasteiger charge is -2.20. The molecule has 1 amide bonds. The zero-order chi connectivity index (χ0) is 14.1. The van der Waals surface area contributed by atoms with E-state index in [4.69, 9.17) is 9.47 Å². The van der Waals surface area contributed by atoms with Crippen molar-refractivity contribution in [2.75, 3.05) is 18.5 Å². The van der Waals surface area contributed by atoms with E-state index in [0.29, 0.717) is 36.0 Å². The van der Waals surface area contributed by atoms with Gasteiger partial charge in [0.05, 0.1) is 17.4 Å². The molecule has 0 fully saturated rings. The maximum absolute atomic E-state index is 12.2. The summed E-state index contributed by atoms with van der Waals surface area (Å²) in [4.78, 5) is 12.2. The molecular weight excluding hydrogens is 326 g/mol. The Morgan fingerprint density at radius 3 is 2.70 bits per heavy atom. The second-order valence-electron chi connectivity index (χ2n) is 4.34. The number of benzene rings is 1. The lowest BCUT2D eigenvalue weighted by atomic mass is 10.2. The first kappa shape index (κ1) is 13.0. The number of aromatic amines is 1. The fraction of sp³-hybridized carbons (Fsp3) is 0.231. The van der Waals surface area contributed by atoms with Crippen LogP contribution in [0.25, 0.3) is 0 Å². The molecule has 0 unspecified atom stereocenters. The van der Waals surface area contributed by atoms with Gasteiger partial charge in [-0.1, -0.05) is 0 Å².